The topological polar surface area (TPSA) is 262 Å². The van der Waals surface area contributed by atoms with Crippen LogP contribution in [0.25, 0.3) is 0 Å². The average Bonchev–Trinajstić information content (AvgIpc) is 3.96. The number of piperazine rings is 1. The Labute approximate surface area is 407 Å². The lowest BCUT2D eigenvalue weighted by atomic mass is 9.78. The number of imide groups is 1. The van der Waals surface area contributed by atoms with Gasteiger partial charge in [-0.25, -0.2) is 4.79 Å². The molecule has 0 radical (unpaired) electrons. The number of aliphatic carboxylic acids is 1. The smallest absolute Gasteiger partial charge is 0.312 e. The second kappa shape index (κ2) is 25.3. The summed E-state index contributed by atoms with van der Waals surface area (Å²) in [5.74, 6) is -5.51. The molecule has 4 aliphatic heterocycles. The first-order valence-corrected chi connectivity index (χ1v) is 24.4. The van der Waals surface area contributed by atoms with Gasteiger partial charge in [0.05, 0.1) is 109 Å². The lowest BCUT2D eigenvalue weighted by Gasteiger charge is -2.43. The number of nitrogens with two attached hydrogens (primary N) is 1. The lowest BCUT2D eigenvalue weighted by molar-refractivity contribution is -0.926. The van der Waals surface area contributed by atoms with Crippen LogP contribution in [0, 0.1) is 23.7 Å². The van der Waals surface area contributed by atoms with Crippen molar-refractivity contribution < 1.29 is 66.9 Å². The van der Waals surface area contributed by atoms with Crippen LogP contribution in [0.3, 0.4) is 0 Å². The summed E-state index contributed by atoms with van der Waals surface area (Å²) in [6.07, 6.45) is 1.16. The number of quaternary nitrogens is 1. The van der Waals surface area contributed by atoms with E-state index < -0.39 is 53.7 Å². The summed E-state index contributed by atoms with van der Waals surface area (Å²) >= 11 is 6.16. The van der Waals surface area contributed by atoms with Crippen molar-refractivity contribution >= 4 is 84.9 Å². The summed E-state index contributed by atoms with van der Waals surface area (Å²) in [5, 5.41) is 18.1. The van der Waals surface area contributed by atoms with Gasteiger partial charge in [-0.3, -0.25) is 38.5 Å². The number of carboxylic acids is 1. The highest BCUT2D eigenvalue weighted by molar-refractivity contribution is 9.14. The SMILES string of the molecule is CC(C)[C@H](NC(=O)CCOCCOCCOCCN1C(=O)C(Br)=C(Br)C1=O)C(=O)C[C@@H](CCCNC(N)=O)C(=O)Nc1ccc(C[N+]2(C)CCN(C(=O)C3C4CCC(O4)C3C(=O)O)CC2)cc1. The number of carboxylic acid groups (broad SMARTS) is 1. The summed E-state index contributed by atoms with van der Waals surface area (Å²) < 4.78 is 23.3. The number of ketones is 1. The highest BCUT2D eigenvalue weighted by Crippen LogP contribution is 2.44. The highest BCUT2D eigenvalue weighted by Gasteiger charge is 2.56. The van der Waals surface area contributed by atoms with Gasteiger partial charge in [0.15, 0.2) is 5.78 Å². The summed E-state index contributed by atoms with van der Waals surface area (Å²) in [5.41, 5.74) is 6.80. The number of halogens is 2. The van der Waals surface area contributed by atoms with Crippen LogP contribution >= 0.6 is 31.9 Å². The molecule has 5 rings (SSSR count). The number of carbonyl (C=O) groups excluding carboxylic acids is 7. The number of urea groups is 1. The molecule has 3 saturated heterocycles. The third kappa shape index (κ3) is 15.1. The first kappa shape index (κ1) is 53.6. The number of nitrogens with one attached hydrogen (secondary N) is 3. The number of hydrogen-bond acceptors (Lipinski definition) is 12. The van der Waals surface area contributed by atoms with E-state index in [0.717, 1.165) is 10.5 Å². The van der Waals surface area contributed by atoms with Crippen molar-refractivity contribution in [3.05, 3.63) is 38.8 Å². The predicted octanol–water partition coefficient (Wildman–Crippen LogP) is 2.27. The number of nitrogens with zero attached hydrogens (tertiary/aromatic N) is 3. The standard InChI is InChI=1S/C45H63Br2N7O13/c1-27(2)39(51-34(56)12-19-64-21-23-66-24-22-65-20-16-53-42(59)37(46)38(47)43(53)60)31(55)25-29(5-4-13-49-45(48)63)40(57)50-30-8-6-28(7-9-30)26-54(3)17-14-52(15-18-54)41(58)35-32-10-11-33(67-32)36(35)44(61)62/h6-9,27,29,32-33,35-36,39H,4-5,10-26H2,1-3H3,(H5-,48,49,50,51,56,57,61,62,63)/p+1/t29-,32?,33?,35?,36?,39+/m1/s1. The Kier molecular flexibility index (Phi) is 20.3. The molecular formula is C45H64Br2N7O13+. The molecule has 1 aromatic carbocycles. The number of benzene rings is 1. The molecule has 6 atom stereocenters. The van der Waals surface area contributed by atoms with Crippen molar-refractivity contribution in [1.29, 1.82) is 0 Å². The van der Waals surface area contributed by atoms with E-state index in [-0.39, 0.29) is 116 Å². The molecule has 370 valence electrons. The number of anilines is 1. The van der Waals surface area contributed by atoms with Crippen molar-refractivity contribution in [1.82, 2.24) is 20.4 Å². The second-order valence-electron chi connectivity index (χ2n) is 18.0. The molecule has 7 amide bonds. The van der Waals surface area contributed by atoms with Crippen molar-refractivity contribution in [3.63, 3.8) is 0 Å². The fraction of sp³-hybridized carbons (Fsp3) is 0.644. The molecule has 0 saturated carbocycles. The number of amides is 7. The average molecular weight is 1070 g/mol. The normalized spacial score (nSPS) is 22.0. The molecule has 3 fully saturated rings. The fourth-order valence-electron chi connectivity index (χ4n) is 8.92. The Hall–Kier alpha value is -4.32. The van der Waals surface area contributed by atoms with E-state index in [2.05, 4.69) is 54.9 Å². The number of Topliss-reactive ketones (excluding diaryl/α,β-unsaturated/α-hetero) is 1. The van der Waals surface area contributed by atoms with Crippen LogP contribution in [0.2, 0.25) is 0 Å². The van der Waals surface area contributed by atoms with Crippen LogP contribution in [0.4, 0.5) is 10.5 Å². The van der Waals surface area contributed by atoms with Crippen LogP contribution in [-0.2, 0) is 59.1 Å². The lowest BCUT2D eigenvalue weighted by Crippen LogP contribution is -2.59. The van der Waals surface area contributed by atoms with Gasteiger partial charge in [-0.2, -0.15) is 0 Å². The number of primary amides is 1. The van der Waals surface area contributed by atoms with E-state index in [1.807, 2.05) is 26.0 Å². The largest absolute Gasteiger partial charge is 0.481 e. The molecule has 22 heteroatoms. The number of hydrogen-bond donors (Lipinski definition) is 5. The summed E-state index contributed by atoms with van der Waals surface area (Å²) in [7, 11) is 2.12. The molecule has 67 heavy (non-hydrogen) atoms. The van der Waals surface area contributed by atoms with Gasteiger partial charge in [0.25, 0.3) is 11.8 Å². The molecule has 2 bridgehead atoms. The van der Waals surface area contributed by atoms with E-state index in [4.69, 9.17) is 24.7 Å². The van der Waals surface area contributed by atoms with Gasteiger partial charge < -0.3 is 55.1 Å². The Morgan fingerprint density at radius 3 is 2.04 bits per heavy atom. The van der Waals surface area contributed by atoms with E-state index in [9.17, 15) is 43.5 Å². The Morgan fingerprint density at radius 2 is 1.46 bits per heavy atom. The molecule has 20 nitrogen and oxygen atoms in total. The second-order valence-corrected chi connectivity index (χ2v) is 19.6. The van der Waals surface area contributed by atoms with Gasteiger partial charge in [-0.15, -0.1) is 0 Å². The van der Waals surface area contributed by atoms with Crippen LogP contribution in [-0.4, -0.2) is 171 Å². The van der Waals surface area contributed by atoms with Gasteiger partial charge in [-0.1, -0.05) is 26.0 Å². The van der Waals surface area contributed by atoms with Gasteiger partial charge in [-0.05, 0) is 75.6 Å². The number of fused-ring (bicyclic) bond motifs is 2. The first-order chi connectivity index (χ1) is 31.9. The third-order valence-electron chi connectivity index (χ3n) is 12.7. The molecule has 0 aromatic heterocycles. The molecule has 4 heterocycles. The minimum absolute atomic E-state index is 0.00452. The van der Waals surface area contributed by atoms with E-state index in [0.29, 0.717) is 62.2 Å². The van der Waals surface area contributed by atoms with E-state index in [1.165, 1.54) is 0 Å². The molecule has 1 aromatic rings. The Morgan fingerprint density at radius 1 is 0.881 bits per heavy atom. The summed E-state index contributed by atoms with van der Waals surface area (Å²) in [4.78, 5) is 104. The number of ether oxygens (including phenoxy) is 4. The van der Waals surface area contributed by atoms with Crippen molar-refractivity contribution in [3.8, 4) is 0 Å². The molecule has 4 unspecified atom stereocenters. The minimum Gasteiger partial charge on any atom is -0.481 e. The maximum absolute atomic E-state index is 13.7. The van der Waals surface area contributed by atoms with Crippen LogP contribution in [0.5, 0.6) is 0 Å². The predicted molar refractivity (Wildman–Crippen MR) is 249 cm³/mol. The van der Waals surface area contributed by atoms with Gasteiger partial charge in [0.2, 0.25) is 17.7 Å². The zero-order valence-electron chi connectivity index (χ0n) is 38.3. The van der Waals surface area contributed by atoms with Crippen molar-refractivity contribution in [2.75, 3.05) is 91.3 Å². The van der Waals surface area contributed by atoms with Crippen LogP contribution in [0.1, 0.15) is 57.9 Å². The van der Waals surface area contributed by atoms with Crippen LogP contribution in [0.15, 0.2) is 33.2 Å². The zero-order chi connectivity index (χ0) is 48.8. The van der Waals surface area contributed by atoms with Crippen molar-refractivity contribution in [2.24, 2.45) is 29.4 Å². The number of carbonyl (C=O) groups is 8. The third-order valence-corrected chi connectivity index (χ3v) is 14.7. The summed E-state index contributed by atoms with van der Waals surface area (Å²) in [6, 6.07) is 5.92. The quantitative estimate of drug-likeness (QED) is 0.0482. The Bertz CT molecular complexity index is 1970. The maximum Gasteiger partial charge on any atom is 0.312 e. The molecule has 0 spiro atoms. The monoisotopic (exact) mass is 1070 g/mol. The molecular weight excluding hydrogens is 1010 g/mol. The molecule has 4 aliphatic rings. The minimum atomic E-state index is -0.973. The van der Waals surface area contributed by atoms with Gasteiger partial charge in [0, 0.05) is 36.6 Å². The fourth-order valence-corrected chi connectivity index (χ4v) is 9.69. The zero-order valence-corrected chi connectivity index (χ0v) is 41.5. The summed E-state index contributed by atoms with van der Waals surface area (Å²) in [6.45, 7) is 8.22. The first-order valence-electron chi connectivity index (χ1n) is 22.8. The van der Waals surface area contributed by atoms with Crippen molar-refractivity contribution in [2.45, 2.75) is 77.2 Å². The molecule has 6 N–H and O–H groups in total. The van der Waals surface area contributed by atoms with E-state index >= 15 is 0 Å². The van der Waals surface area contributed by atoms with Gasteiger partial charge in [0.1, 0.15) is 15.5 Å². The number of rotatable bonds is 27. The van der Waals surface area contributed by atoms with E-state index in [1.54, 1.807) is 17.0 Å². The Balaban J connectivity index is 1.02. The van der Waals surface area contributed by atoms with Gasteiger partial charge >= 0.3 is 12.0 Å². The maximum atomic E-state index is 13.7. The highest BCUT2D eigenvalue weighted by atomic mass is 79.9. The molecule has 0 aliphatic carbocycles. The number of likely N-dealkylation sites (N-methyl/N-ethyl adjacent to an activating group) is 1. The van der Waals surface area contributed by atoms with Crippen LogP contribution < -0.4 is 21.7 Å².